The van der Waals surface area contributed by atoms with Gasteiger partial charge in [-0.3, -0.25) is 14.6 Å². The molecular formula is C25H34N4O3. The Morgan fingerprint density at radius 3 is 2.44 bits per heavy atom. The molecule has 1 fully saturated rings. The quantitative estimate of drug-likeness (QED) is 0.641. The first-order chi connectivity index (χ1) is 15.4. The SMILES string of the molecule is COc1ccc(C(=O)N2CCC(c3nc(C)ccc3C(=O)NCCCN(C)C)CC2)cc1. The third-order valence-electron chi connectivity index (χ3n) is 5.88. The Morgan fingerprint density at radius 1 is 1.12 bits per heavy atom. The first-order valence-electron chi connectivity index (χ1n) is 11.2. The molecular weight excluding hydrogens is 404 g/mol. The molecule has 0 unspecified atom stereocenters. The van der Waals surface area contributed by atoms with Crippen molar-refractivity contribution in [3.05, 3.63) is 58.9 Å². The second-order valence-corrected chi connectivity index (χ2v) is 8.59. The molecule has 1 aliphatic rings. The summed E-state index contributed by atoms with van der Waals surface area (Å²) >= 11 is 0. The number of carbonyl (C=O) groups excluding carboxylic acids is 2. The number of likely N-dealkylation sites (tertiary alicyclic amines) is 1. The lowest BCUT2D eigenvalue weighted by molar-refractivity contribution is 0.0710. The van der Waals surface area contributed by atoms with E-state index >= 15 is 0 Å². The van der Waals surface area contributed by atoms with E-state index in [2.05, 4.69) is 10.2 Å². The van der Waals surface area contributed by atoms with E-state index in [1.807, 2.05) is 38.1 Å². The Hall–Kier alpha value is -2.93. The minimum atomic E-state index is -0.0667. The Balaban J connectivity index is 1.63. The number of carbonyl (C=O) groups is 2. The van der Waals surface area contributed by atoms with Crippen molar-refractivity contribution in [2.24, 2.45) is 0 Å². The molecule has 0 bridgehead atoms. The number of piperidine rings is 1. The summed E-state index contributed by atoms with van der Waals surface area (Å²) in [5.74, 6) is 0.862. The standard InChI is InChI=1S/C25H34N4O3/c1-18-6-11-22(24(30)26-14-5-15-28(2)3)23(27-18)19-12-16-29(17-13-19)25(31)20-7-9-21(32-4)10-8-20/h6-11,19H,5,12-17H2,1-4H3,(H,26,30). The Kier molecular flexibility index (Phi) is 8.22. The van der Waals surface area contributed by atoms with Crippen LogP contribution in [-0.4, -0.2) is 74.0 Å². The van der Waals surface area contributed by atoms with Crippen molar-refractivity contribution in [3.63, 3.8) is 0 Å². The number of nitrogens with one attached hydrogen (secondary N) is 1. The van der Waals surface area contributed by atoms with Crippen molar-refractivity contribution >= 4 is 11.8 Å². The predicted molar refractivity (Wildman–Crippen MR) is 125 cm³/mol. The second-order valence-electron chi connectivity index (χ2n) is 8.59. The molecule has 0 saturated carbocycles. The largest absolute Gasteiger partial charge is 0.497 e. The lowest BCUT2D eigenvalue weighted by atomic mass is 9.89. The third-order valence-corrected chi connectivity index (χ3v) is 5.88. The van der Waals surface area contributed by atoms with Crippen LogP contribution in [0.2, 0.25) is 0 Å². The van der Waals surface area contributed by atoms with Gasteiger partial charge >= 0.3 is 0 Å². The highest BCUT2D eigenvalue weighted by atomic mass is 16.5. The Bertz CT molecular complexity index is 919. The van der Waals surface area contributed by atoms with Crippen LogP contribution in [0.1, 0.15) is 57.3 Å². The summed E-state index contributed by atoms with van der Waals surface area (Å²) in [5, 5.41) is 3.03. The van der Waals surface area contributed by atoms with Gasteiger partial charge in [0.1, 0.15) is 5.75 Å². The summed E-state index contributed by atoms with van der Waals surface area (Å²) < 4.78 is 5.17. The van der Waals surface area contributed by atoms with E-state index in [1.54, 1.807) is 31.4 Å². The molecule has 0 atom stereocenters. The van der Waals surface area contributed by atoms with Gasteiger partial charge in [0.25, 0.3) is 11.8 Å². The molecule has 0 radical (unpaired) electrons. The second kappa shape index (κ2) is 11.1. The average Bonchev–Trinajstić information content (AvgIpc) is 2.81. The van der Waals surface area contributed by atoms with Crippen LogP contribution >= 0.6 is 0 Å². The summed E-state index contributed by atoms with van der Waals surface area (Å²) in [4.78, 5) is 34.4. The highest BCUT2D eigenvalue weighted by Gasteiger charge is 2.28. The molecule has 1 N–H and O–H groups in total. The molecule has 2 aromatic rings. The molecule has 32 heavy (non-hydrogen) atoms. The molecule has 172 valence electrons. The number of hydrogen-bond donors (Lipinski definition) is 1. The zero-order valence-electron chi connectivity index (χ0n) is 19.6. The fraction of sp³-hybridized carbons (Fsp3) is 0.480. The summed E-state index contributed by atoms with van der Waals surface area (Å²) in [6.07, 6.45) is 2.48. The number of aromatic nitrogens is 1. The zero-order chi connectivity index (χ0) is 23.1. The Morgan fingerprint density at radius 2 is 1.81 bits per heavy atom. The number of nitrogens with zero attached hydrogens (tertiary/aromatic N) is 3. The minimum Gasteiger partial charge on any atom is -0.497 e. The smallest absolute Gasteiger partial charge is 0.253 e. The maximum atomic E-state index is 12.9. The van der Waals surface area contributed by atoms with Crippen molar-refractivity contribution in [2.75, 3.05) is 47.4 Å². The number of ether oxygens (including phenoxy) is 1. The van der Waals surface area contributed by atoms with Crippen LogP contribution < -0.4 is 10.1 Å². The average molecular weight is 439 g/mol. The predicted octanol–water partition coefficient (Wildman–Crippen LogP) is 3.10. The van der Waals surface area contributed by atoms with Crippen LogP contribution in [0.5, 0.6) is 5.75 Å². The molecule has 1 aromatic carbocycles. The van der Waals surface area contributed by atoms with Crippen molar-refractivity contribution < 1.29 is 14.3 Å². The van der Waals surface area contributed by atoms with Gasteiger partial charge in [0, 0.05) is 36.8 Å². The summed E-state index contributed by atoms with van der Waals surface area (Å²) in [6, 6.07) is 11.0. The van der Waals surface area contributed by atoms with Gasteiger partial charge < -0.3 is 19.9 Å². The minimum absolute atomic E-state index is 0.0298. The van der Waals surface area contributed by atoms with Gasteiger partial charge in [-0.1, -0.05) is 0 Å². The first kappa shape index (κ1) is 23.7. The molecule has 2 heterocycles. The maximum Gasteiger partial charge on any atom is 0.253 e. The number of aryl methyl sites for hydroxylation is 1. The van der Waals surface area contributed by atoms with Crippen LogP contribution in [0.25, 0.3) is 0 Å². The number of amides is 2. The van der Waals surface area contributed by atoms with Crippen molar-refractivity contribution in [3.8, 4) is 5.75 Å². The highest BCUT2D eigenvalue weighted by molar-refractivity contribution is 5.96. The molecule has 0 aliphatic carbocycles. The molecule has 2 amide bonds. The molecule has 7 nitrogen and oxygen atoms in total. The number of methoxy groups -OCH3 is 1. The lowest BCUT2D eigenvalue weighted by Crippen LogP contribution is -2.38. The summed E-state index contributed by atoms with van der Waals surface area (Å²) in [6.45, 7) is 4.81. The molecule has 1 aliphatic heterocycles. The van der Waals surface area contributed by atoms with E-state index in [9.17, 15) is 9.59 Å². The van der Waals surface area contributed by atoms with E-state index < -0.39 is 0 Å². The summed E-state index contributed by atoms with van der Waals surface area (Å²) in [7, 11) is 5.66. The number of pyridine rings is 1. The zero-order valence-corrected chi connectivity index (χ0v) is 19.6. The number of hydrogen-bond acceptors (Lipinski definition) is 5. The normalized spacial score (nSPS) is 14.5. The van der Waals surface area contributed by atoms with Gasteiger partial charge in [0.2, 0.25) is 0 Å². The molecule has 1 saturated heterocycles. The van der Waals surface area contributed by atoms with Gasteiger partial charge in [-0.05, 0) is 83.2 Å². The van der Waals surface area contributed by atoms with Crippen LogP contribution in [0.15, 0.2) is 36.4 Å². The van der Waals surface area contributed by atoms with E-state index in [0.717, 1.165) is 42.9 Å². The molecule has 1 aromatic heterocycles. The van der Waals surface area contributed by atoms with Gasteiger partial charge in [-0.15, -0.1) is 0 Å². The van der Waals surface area contributed by atoms with Crippen LogP contribution in [-0.2, 0) is 0 Å². The maximum absolute atomic E-state index is 12.9. The number of rotatable bonds is 8. The monoisotopic (exact) mass is 438 g/mol. The van der Waals surface area contributed by atoms with E-state index in [-0.39, 0.29) is 17.7 Å². The van der Waals surface area contributed by atoms with E-state index in [0.29, 0.717) is 30.8 Å². The van der Waals surface area contributed by atoms with Gasteiger partial charge in [0.15, 0.2) is 0 Å². The highest BCUT2D eigenvalue weighted by Crippen LogP contribution is 2.30. The first-order valence-corrected chi connectivity index (χ1v) is 11.2. The summed E-state index contributed by atoms with van der Waals surface area (Å²) in [5.41, 5.74) is 3.07. The molecule has 3 rings (SSSR count). The van der Waals surface area contributed by atoms with Gasteiger partial charge in [-0.2, -0.15) is 0 Å². The van der Waals surface area contributed by atoms with Gasteiger partial charge in [0.05, 0.1) is 18.4 Å². The topological polar surface area (TPSA) is 74.8 Å². The van der Waals surface area contributed by atoms with Crippen molar-refractivity contribution in [2.45, 2.75) is 32.1 Å². The van der Waals surface area contributed by atoms with E-state index in [1.165, 1.54) is 0 Å². The number of benzene rings is 1. The van der Waals surface area contributed by atoms with Crippen molar-refractivity contribution in [1.82, 2.24) is 20.1 Å². The van der Waals surface area contributed by atoms with Crippen LogP contribution in [0.3, 0.4) is 0 Å². The third kappa shape index (κ3) is 6.07. The molecule has 0 spiro atoms. The van der Waals surface area contributed by atoms with Crippen molar-refractivity contribution in [1.29, 1.82) is 0 Å². The fourth-order valence-corrected chi connectivity index (χ4v) is 4.04. The lowest BCUT2D eigenvalue weighted by Gasteiger charge is -2.32. The van der Waals surface area contributed by atoms with Gasteiger partial charge in [-0.25, -0.2) is 0 Å². The van der Waals surface area contributed by atoms with Crippen LogP contribution in [0.4, 0.5) is 0 Å². The van der Waals surface area contributed by atoms with E-state index in [4.69, 9.17) is 9.72 Å². The Labute approximate surface area is 190 Å². The van der Waals surface area contributed by atoms with Crippen LogP contribution in [0, 0.1) is 6.92 Å². The molecule has 7 heteroatoms. The fourth-order valence-electron chi connectivity index (χ4n) is 4.04.